The van der Waals surface area contributed by atoms with Crippen LogP contribution >= 0.6 is 0 Å². The number of pyridine rings is 2. The number of hydrogen-bond acceptors (Lipinski definition) is 5. The molecule has 3 rings (SSSR count). The summed E-state index contributed by atoms with van der Waals surface area (Å²) in [5, 5.41) is 0. The van der Waals surface area contributed by atoms with Crippen molar-refractivity contribution < 1.29 is 9.00 Å². The summed E-state index contributed by atoms with van der Waals surface area (Å²) in [6.07, 6.45) is 5.69. The van der Waals surface area contributed by atoms with Gasteiger partial charge in [0.25, 0.3) is 0 Å². The van der Waals surface area contributed by atoms with Crippen LogP contribution in [0.1, 0.15) is 17.5 Å². The first-order valence-electron chi connectivity index (χ1n) is 9.16. The molecule has 0 aromatic carbocycles. The van der Waals surface area contributed by atoms with Gasteiger partial charge >= 0.3 is 0 Å². The molecule has 0 spiro atoms. The van der Waals surface area contributed by atoms with E-state index >= 15 is 0 Å². The number of piperazine rings is 1. The molecule has 3 heterocycles. The van der Waals surface area contributed by atoms with E-state index in [1.807, 2.05) is 30.3 Å². The van der Waals surface area contributed by atoms with Crippen molar-refractivity contribution in [3.05, 3.63) is 41.7 Å². The van der Waals surface area contributed by atoms with Crippen molar-refractivity contribution in [2.24, 2.45) is 0 Å². The molecule has 7 heteroatoms. The van der Waals surface area contributed by atoms with Crippen LogP contribution in [-0.2, 0) is 15.6 Å². The summed E-state index contributed by atoms with van der Waals surface area (Å²) in [7, 11) is -0.926. The maximum Gasteiger partial charge on any atom is 0.223 e. The molecule has 0 aliphatic carbocycles. The highest BCUT2D eigenvalue weighted by Crippen LogP contribution is 2.25. The minimum Gasteiger partial charge on any atom is -0.353 e. The predicted molar refractivity (Wildman–Crippen MR) is 109 cm³/mol. The lowest BCUT2D eigenvalue weighted by Gasteiger charge is -2.35. The summed E-state index contributed by atoms with van der Waals surface area (Å²) in [5.74, 6) is 1.44. The molecule has 6 nitrogen and oxygen atoms in total. The Morgan fingerprint density at radius 3 is 2.56 bits per heavy atom. The molecule has 1 unspecified atom stereocenters. The lowest BCUT2D eigenvalue weighted by atomic mass is 10.1. The molecule has 144 valence electrons. The van der Waals surface area contributed by atoms with E-state index in [0.717, 1.165) is 41.3 Å². The number of aromatic nitrogens is 2. The van der Waals surface area contributed by atoms with Crippen LogP contribution in [0.15, 0.2) is 30.6 Å². The fourth-order valence-electron chi connectivity index (χ4n) is 3.33. The highest BCUT2D eigenvalue weighted by molar-refractivity contribution is 7.84. The molecule has 2 aromatic heterocycles. The number of carbonyl (C=O) groups excluding carboxylic acids is 1. The molecule has 1 saturated heterocycles. The minimum absolute atomic E-state index is 0.0889. The summed E-state index contributed by atoms with van der Waals surface area (Å²) in [6, 6.07) is 6.19. The number of nitrogens with zero attached hydrogens (tertiary/aromatic N) is 4. The van der Waals surface area contributed by atoms with Gasteiger partial charge in [0.05, 0.1) is 5.69 Å². The SMILES string of the molecule is Cc1cnc(-c2ccnc(N3CCN(C(=O)CCS(C)=O)CC3)c2)c(C)c1. The maximum atomic E-state index is 12.2. The number of rotatable bonds is 5. The predicted octanol–water partition coefficient (Wildman–Crippen LogP) is 2.18. The van der Waals surface area contributed by atoms with Gasteiger partial charge in [0.15, 0.2) is 0 Å². The largest absolute Gasteiger partial charge is 0.353 e. The Labute approximate surface area is 163 Å². The summed E-state index contributed by atoms with van der Waals surface area (Å²) < 4.78 is 11.2. The van der Waals surface area contributed by atoms with Crippen LogP contribution in [0.3, 0.4) is 0 Å². The highest BCUT2D eigenvalue weighted by Gasteiger charge is 2.22. The van der Waals surface area contributed by atoms with Crippen LogP contribution in [-0.4, -0.2) is 63.2 Å². The van der Waals surface area contributed by atoms with Crippen molar-refractivity contribution in [2.45, 2.75) is 20.3 Å². The lowest BCUT2D eigenvalue weighted by Crippen LogP contribution is -2.49. The first kappa shape index (κ1) is 19.5. The summed E-state index contributed by atoms with van der Waals surface area (Å²) in [6.45, 7) is 6.95. The third kappa shape index (κ3) is 4.91. The highest BCUT2D eigenvalue weighted by atomic mass is 32.2. The molecular weight excluding hydrogens is 360 g/mol. The van der Waals surface area contributed by atoms with E-state index in [2.05, 4.69) is 33.9 Å². The average Bonchev–Trinajstić information content (AvgIpc) is 2.66. The molecule has 27 heavy (non-hydrogen) atoms. The van der Waals surface area contributed by atoms with Crippen molar-refractivity contribution in [1.29, 1.82) is 0 Å². The quantitative estimate of drug-likeness (QED) is 0.788. The molecule has 0 N–H and O–H groups in total. The summed E-state index contributed by atoms with van der Waals surface area (Å²) >= 11 is 0. The van der Waals surface area contributed by atoms with Gasteiger partial charge in [-0.3, -0.25) is 14.0 Å². The zero-order valence-corrected chi connectivity index (χ0v) is 17.0. The smallest absolute Gasteiger partial charge is 0.223 e. The molecule has 0 bridgehead atoms. The number of carbonyl (C=O) groups is 1. The van der Waals surface area contributed by atoms with Gasteiger partial charge in [-0.25, -0.2) is 4.98 Å². The van der Waals surface area contributed by atoms with Gasteiger partial charge in [0.1, 0.15) is 5.82 Å². The molecule has 1 amide bonds. The van der Waals surface area contributed by atoms with E-state index in [1.54, 1.807) is 6.26 Å². The van der Waals surface area contributed by atoms with E-state index < -0.39 is 10.8 Å². The number of hydrogen-bond donors (Lipinski definition) is 0. The molecule has 1 aliphatic rings. The number of anilines is 1. The Morgan fingerprint density at radius 1 is 1.15 bits per heavy atom. The van der Waals surface area contributed by atoms with Gasteiger partial charge in [0, 0.05) is 73.4 Å². The Kier molecular flexibility index (Phi) is 6.21. The van der Waals surface area contributed by atoms with Crippen LogP contribution in [0, 0.1) is 13.8 Å². The van der Waals surface area contributed by atoms with Gasteiger partial charge < -0.3 is 9.80 Å². The van der Waals surface area contributed by atoms with Gasteiger partial charge in [0.2, 0.25) is 5.91 Å². The van der Waals surface area contributed by atoms with E-state index in [4.69, 9.17) is 0 Å². The molecule has 2 aromatic rings. The lowest BCUT2D eigenvalue weighted by molar-refractivity contribution is -0.131. The Morgan fingerprint density at radius 2 is 1.89 bits per heavy atom. The van der Waals surface area contributed by atoms with Crippen LogP contribution in [0.4, 0.5) is 5.82 Å². The second-order valence-corrected chi connectivity index (χ2v) is 8.53. The Bertz CT molecular complexity index is 848. The van der Waals surface area contributed by atoms with Gasteiger partial charge in [-0.1, -0.05) is 6.07 Å². The first-order chi connectivity index (χ1) is 12.9. The Balaban J connectivity index is 1.67. The first-order valence-corrected chi connectivity index (χ1v) is 10.9. The van der Waals surface area contributed by atoms with Crippen molar-refractivity contribution in [2.75, 3.05) is 43.1 Å². The fourth-order valence-corrected chi connectivity index (χ4v) is 3.79. The third-order valence-corrected chi connectivity index (χ3v) is 5.57. The second-order valence-electron chi connectivity index (χ2n) is 6.98. The van der Waals surface area contributed by atoms with E-state index in [0.29, 0.717) is 25.3 Å². The van der Waals surface area contributed by atoms with Gasteiger partial charge in [-0.05, 0) is 37.1 Å². The third-order valence-electron chi connectivity index (χ3n) is 4.79. The van der Waals surface area contributed by atoms with Gasteiger partial charge in [-0.15, -0.1) is 0 Å². The van der Waals surface area contributed by atoms with Crippen molar-refractivity contribution in [1.82, 2.24) is 14.9 Å². The monoisotopic (exact) mass is 386 g/mol. The summed E-state index contributed by atoms with van der Waals surface area (Å²) in [4.78, 5) is 25.4. The minimum atomic E-state index is -0.926. The van der Waals surface area contributed by atoms with Crippen LogP contribution in [0.25, 0.3) is 11.3 Å². The Hall–Kier alpha value is -2.28. The molecular formula is C20H26N4O2S. The summed E-state index contributed by atoms with van der Waals surface area (Å²) in [5.41, 5.74) is 4.33. The zero-order chi connectivity index (χ0) is 19.4. The van der Waals surface area contributed by atoms with Crippen molar-refractivity contribution >= 4 is 22.5 Å². The maximum absolute atomic E-state index is 12.2. The normalized spacial score (nSPS) is 15.7. The fraction of sp³-hybridized carbons (Fsp3) is 0.450. The second kappa shape index (κ2) is 8.61. The van der Waals surface area contributed by atoms with Gasteiger partial charge in [-0.2, -0.15) is 0 Å². The molecule has 0 saturated carbocycles. The van der Waals surface area contributed by atoms with Crippen LogP contribution in [0.5, 0.6) is 0 Å². The molecule has 0 radical (unpaired) electrons. The standard InChI is InChI=1S/C20H26N4O2S/c1-15-12-16(2)20(22-14-15)17-4-6-21-18(13-17)23-7-9-24(10-8-23)19(25)5-11-27(3)26/h4,6,12-14H,5,7-11H2,1-3H3. The van der Waals surface area contributed by atoms with Crippen LogP contribution < -0.4 is 4.90 Å². The zero-order valence-electron chi connectivity index (χ0n) is 16.1. The molecule has 1 atom stereocenters. The number of aryl methyl sites for hydroxylation is 2. The average molecular weight is 387 g/mol. The van der Waals surface area contributed by atoms with Crippen molar-refractivity contribution in [3.63, 3.8) is 0 Å². The van der Waals surface area contributed by atoms with Crippen LogP contribution in [0.2, 0.25) is 0 Å². The van der Waals surface area contributed by atoms with E-state index in [-0.39, 0.29) is 5.91 Å². The van der Waals surface area contributed by atoms with Crippen molar-refractivity contribution in [3.8, 4) is 11.3 Å². The molecule has 1 fully saturated rings. The van der Waals surface area contributed by atoms with E-state index in [9.17, 15) is 9.00 Å². The van der Waals surface area contributed by atoms with E-state index in [1.165, 1.54) is 0 Å². The topological polar surface area (TPSA) is 66.4 Å². The number of amides is 1. The molecule has 1 aliphatic heterocycles.